The number of rotatable bonds is 3. The van der Waals surface area contributed by atoms with Crippen LogP contribution in [0.25, 0.3) is 0 Å². The Morgan fingerprint density at radius 3 is 3.00 bits per heavy atom. The van der Waals surface area contributed by atoms with Crippen LogP contribution in [0.2, 0.25) is 0 Å². The minimum Gasteiger partial charge on any atom is -0.312 e. The molecule has 88 valence electrons. The van der Waals surface area contributed by atoms with Crippen LogP contribution in [0, 0.1) is 6.92 Å². The van der Waals surface area contributed by atoms with Gasteiger partial charge in [-0.3, -0.25) is 4.79 Å². The number of aromatic nitrogens is 1. The van der Waals surface area contributed by atoms with E-state index in [1.54, 1.807) is 17.5 Å². The number of carbonyl (C=O) groups excluding carboxylic acids is 1. The Kier molecular flexibility index (Phi) is 2.72. The molecule has 1 aliphatic carbocycles. The molecule has 17 heavy (non-hydrogen) atoms. The first-order valence-electron chi connectivity index (χ1n) is 5.54. The summed E-state index contributed by atoms with van der Waals surface area (Å²) in [5, 5.41) is 6.59. The third-order valence-electron chi connectivity index (χ3n) is 2.72. The van der Waals surface area contributed by atoms with Crippen LogP contribution in [0.3, 0.4) is 0 Å². The second-order valence-electron chi connectivity index (χ2n) is 4.21. The molecule has 2 aromatic rings. The van der Waals surface area contributed by atoms with Gasteiger partial charge in [-0.1, -0.05) is 0 Å². The molecule has 1 saturated carbocycles. The molecule has 2 heterocycles. The highest BCUT2D eigenvalue weighted by Gasteiger charge is 2.25. The van der Waals surface area contributed by atoms with Crippen LogP contribution in [0.5, 0.6) is 0 Å². The standard InChI is InChI=1S/C12H12N2OS2/c1-7-13-5-11(17-7)14-12(15)9-4-10(16-6-9)8-2-3-8/h4-6,8H,2-3H2,1H3,(H,14,15). The zero-order valence-corrected chi connectivity index (χ0v) is 11.0. The monoisotopic (exact) mass is 264 g/mol. The van der Waals surface area contributed by atoms with Crippen LogP contribution in [0.1, 0.15) is 39.0 Å². The normalized spacial score (nSPS) is 14.9. The Hall–Kier alpha value is -1.20. The van der Waals surface area contributed by atoms with Crippen molar-refractivity contribution in [1.29, 1.82) is 0 Å². The van der Waals surface area contributed by atoms with Gasteiger partial charge in [-0.05, 0) is 31.7 Å². The summed E-state index contributed by atoms with van der Waals surface area (Å²) in [5.41, 5.74) is 0.767. The van der Waals surface area contributed by atoms with Gasteiger partial charge in [-0.25, -0.2) is 4.98 Å². The minimum absolute atomic E-state index is 0.0307. The number of hydrogen-bond donors (Lipinski definition) is 1. The van der Waals surface area contributed by atoms with Crippen molar-refractivity contribution < 1.29 is 4.79 Å². The van der Waals surface area contributed by atoms with Gasteiger partial charge in [0.25, 0.3) is 5.91 Å². The maximum atomic E-state index is 12.0. The first-order chi connectivity index (χ1) is 8.22. The maximum absolute atomic E-state index is 12.0. The lowest BCUT2D eigenvalue weighted by molar-refractivity contribution is 0.102. The summed E-state index contributed by atoms with van der Waals surface area (Å²) in [5.74, 6) is 0.684. The summed E-state index contributed by atoms with van der Waals surface area (Å²) in [6, 6.07) is 2.02. The Bertz CT molecular complexity index is 554. The van der Waals surface area contributed by atoms with E-state index in [0.29, 0.717) is 5.92 Å². The van der Waals surface area contributed by atoms with Crippen molar-refractivity contribution in [2.24, 2.45) is 0 Å². The van der Waals surface area contributed by atoms with Gasteiger partial charge in [-0.15, -0.1) is 22.7 Å². The third kappa shape index (κ3) is 2.40. The van der Waals surface area contributed by atoms with Gasteiger partial charge in [0.15, 0.2) is 0 Å². The van der Waals surface area contributed by atoms with E-state index < -0.39 is 0 Å². The maximum Gasteiger partial charge on any atom is 0.257 e. The van der Waals surface area contributed by atoms with Crippen LogP contribution in [0.4, 0.5) is 5.00 Å². The van der Waals surface area contributed by atoms with Crippen LogP contribution in [0.15, 0.2) is 17.6 Å². The molecule has 0 atom stereocenters. The molecule has 0 bridgehead atoms. The molecule has 0 radical (unpaired) electrons. The first kappa shape index (κ1) is 10.9. The van der Waals surface area contributed by atoms with Crippen LogP contribution in [-0.4, -0.2) is 10.9 Å². The van der Waals surface area contributed by atoms with Crippen LogP contribution < -0.4 is 5.32 Å². The zero-order valence-electron chi connectivity index (χ0n) is 9.40. The number of aryl methyl sites for hydroxylation is 1. The molecule has 1 fully saturated rings. The van der Waals surface area contributed by atoms with E-state index in [2.05, 4.69) is 10.3 Å². The first-order valence-corrected chi connectivity index (χ1v) is 7.24. The number of carbonyl (C=O) groups is 1. The zero-order chi connectivity index (χ0) is 11.8. The molecule has 0 spiro atoms. The molecule has 2 aromatic heterocycles. The average Bonchev–Trinajstić information content (AvgIpc) is 2.88. The molecule has 0 saturated heterocycles. The quantitative estimate of drug-likeness (QED) is 0.919. The number of hydrogen-bond acceptors (Lipinski definition) is 4. The fourth-order valence-corrected chi connectivity index (χ4v) is 3.39. The molecular weight excluding hydrogens is 252 g/mol. The van der Waals surface area contributed by atoms with E-state index >= 15 is 0 Å². The van der Waals surface area contributed by atoms with E-state index in [1.165, 1.54) is 29.1 Å². The lowest BCUT2D eigenvalue weighted by Crippen LogP contribution is -2.09. The van der Waals surface area contributed by atoms with Crippen LogP contribution in [-0.2, 0) is 0 Å². The summed E-state index contributed by atoms with van der Waals surface area (Å²) >= 11 is 3.19. The van der Waals surface area contributed by atoms with Gasteiger partial charge in [0, 0.05) is 10.3 Å². The van der Waals surface area contributed by atoms with Crippen molar-refractivity contribution in [1.82, 2.24) is 4.98 Å². The van der Waals surface area contributed by atoms with E-state index in [-0.39, 0.29) is 5.91 Å². The number of anilines is 1. The molecule has 1 N–H and O–H groups in total. The van der Waals surface area contributed by atoms with Crippen molar-refractivity contribution >= 4 is 33.6 Å². The van der Waals surface area contributed by atoms with E-state index in [0.717, 1.165) is 15.6 Å². The highest BCUT2D eigenvalue weighted by atomic mass is 32.1. The predicted molar refractivity (Wildman–Crippen MR) is 71.1 cm³/mol. The summed E-state index contributed by atoms with van der Waals surface area (Å²) in [6.45, 7) is 1.93. The number of amides is 1. The van der Waals surface area contributed by atoms with Crippen molar-refractivity contribution in [2.45, 2.75) is 25.7 Å². The van der Waals surface area contributed by atoms with Gasteiger partial charge in [0.1, 0.15) is 5.00 Å². The molecule has 0 aromatic carbocycles. The second kappa shape index (κ2) is 4.23. The Morgan fingerprint density at radius 2 is 2.35 bits per heavy atom. The highest BCUT2D eigenvalue weighted by molar-refractivity contribution is 7.15. The lowest BCUT2D eigenvalue weighted by Gasteiger charge is -1.98. The number of thiazole rings is 1. The van der Waals surface area contributed by atoms with Crippen molar-refractivity contribution in [2.75, 3.05) is 5.32 Å². The summed E-state index contributed by atoms with van der Waals surface area (Å²) in [7, 11) is 0. The molecule has 5 heteroatoms. The summed E-state index contributed by atoms with van der Waals surface area (Å²) in [4.78, 5) is 17.4. The van der Waals surface area contributed by atoms with E-state index in [1.807, 2.05) is 18.4 Å². The van der Waals surface area contributed by atoms with Gasteiger partial charge in [-0.2, -0.15) is 0 Å². The molecule has 0 unspecified atom stereocenters. The van der Waals surface area contributed by atoms with Gasteiger partial charge in [0.05, 0.1) is 16.8 Å². The lowest BCUT2D eigenvalue weighted by atomic mass is 10.2. The van der Waals surface area contributed by atoms with Gasteiger partial charge in [0.2, 0.25) is 0 Å². The van der Waals surface area contributed by atoms with Gasteiger partial charge < -0.3 is 5.32 Å². The SMILES string of the molecule is Cc1ncc(NC(=O)c2csc(C3CC3)c2)s1. The van der Waals surface area contributed by atoms with Crippen molar-refractivity contribution in [3.8, 4) is 0 Å². The van der Waals surface area contributed by atoms with Crippen molar-refractivity contribution in [3.05, 3.63) is 33.1 Å². The second-order valence-corrected chi connectivity index (χ2v) is 6.39. The molecule has 1 amide bonds. The largest absolute Gasteiger partial charge is 0.312 e. The van der Waals surface area contributed by atoms with Crippen LogP contribution >= 0.6 is 22.7 Å². The molecule has 3 nitrogen and oxygen atoms in total. The Morgan fingerprint density at radius 1 is 1.53 bits per heavy atom. The molecule has 0 aliphatic heterocycles. The molecule has 3 rings (SSSR count). The number of nitrogens with one attached hydrogen (secondary N) is 1. The fourth-order valence-electron chi connectivity index (χ4n) is 1.66. The average molecular weight is 264 g/mol. The Labute approximate surface area is 108 Å². The Balaban J connectivity index is 1.72. The molecule has 1 aliphatic rings. The fraction of sp³-hybridized carbons (Fsp3) is 0.333. The van der Waals surface area contributed by atoms with E-state index in [4.69, 9.17) is 0 Å². The van der Waals surface area contributed by atoms with Gasteiger partial charge >= 0.3 is 0 Å². The van der Waals surface area contributed by atoms with Crippen molar-refractivity contribution in [3.63, 3.8) is 0 Å². The highest BCUT2D eigenvalue weighted by Crippen LogP contribution is 2.43. The number of nitrogens with zero attached hydrogens (tertiary/aromatic N) is 1. The minimum atomic E-state index is -0.0307. The topological polar surface area (TPSA) is 42.0 Å². The van der Waals surface area contributed by atoms with E-state index in [9.17, 15) is 4.79 Å². The third-order valence-corrected chi connectivity index (χ3v) is 4.64. The smallest absolute Gasteiger partial charge is 0.257 e. The summed E-state index contributed by atoms with van der Waals surface area (Å²) in [6.07, 6.45) is 4.25. The predicted octanol–water partition coefficient (Wildman–Crippen LogP) is 3.64. The summed E-state index contributed by atoms with van der Waals surface area (Å²) < 4.78 is 0. The molecular formula is C12H12N2OS2. The number of thiophene rings is 1.